The van der Waals surface area contributed by atoms with E-state index in [0.717, 1.165) is 32.8 Å². The molecule has 4 aromatic carbocycles. The van der Waals surface area contributed by atoms with E-state index < -0.39 is 0 Å². The highest BCUT2D eigenvalue weighted by Gasteiger charge is 2.21. The average molecular weight is 466 g/mol. The van der Waals surface area contributed by atoms with Crippen molar-refractivity contribution in [1.29, 1.82) is 0 Å². The summed E-state index contributed by atoms with van der Waals surface area (Å²) in [5, 5.41) is 3.51. The minimum absolute atomic E-state index is 0.216. The topological polar surface area (TPSA) is 36.8 Å². The van der Waals surface area contributed by atoms with Gasteiger partial charge < -0.3 is 5.32 Å². The molecule has 5 rings (SSSR count). The lowest BCUT2D eigenvalue weighted by atomic mass is 10.0. The second-order valence-electron chi connectivity index (χ2n) is 7.32. The molecule has 4 heteroatoms. The first-order valence-corrected chi connectivity index (χ1v) is 11.0. The summed E-state index contributed by atoms with van der Waals surface area (Å²) in [4.78, 5) is 9.78. The molecule has 0 radical (unpaired) electrons. The molecule has 31 heavy (non-hydrogen) atoms. The molecule has 0 saturated heterocycles. The van der Waals surface area contributed by atoms with Gasteiger partial charge in [-0.05, 0) is 28.8 Å². The summed E-state index contributed by atoms with van der Waals surface area (Å²) < 4.78 is 1.01. The largest absolute Gasteiger partial charge is 0.344 e. The van der Waals surface area contributed by atoms with Crippen LogP contribution in [0.3, 0.4) is 0 Å². The van der Waals surface area contributed by atoms with Crippen LogP contribution in [0.4, 0.5) is 0 Å². The van der Waals surface area contributed by atoms with Gasteiger partial charge in [0.15, 0.2) is 5.84 Å². The Balaban J connectivity index is 1.53. The maximum Gasteiger partial charge on any atom is 0.159 e. The molecule has 1 aliphatic rings. The predicted octanol–water partition coefficient (Wildman–Crippen LogP) is 6.61. The highest BCUT2D eigenvalue weighted by atomic mass is 79.9. The molecule has 1 N–H and O–H groups in total. The van der Waals surface area contributed by atoms with Crippen molar-refractivity contribution in [2.24, 2.45) is 9.98 Å². The number of hydrogen-bond donors (Lipinski definition) is 1. The predicted molar refractivity (Wildman–Crippen MR) is 131 cm³/mol. The number of benzene rings is 4. The van der Waals surface area contributed by atoms with E-state index in [-0.39, 0.29) is 6.17 Å². The first kappa shape index (κ1) is 19.5. The fraction of sp³-hybridized carbons (Fsp3) is 0.0370. The quantitative estimate of drug-likeness (QED) is 0.361. The van der Waals surface area contributed by atoms with Crippen molar-refractivity contribution in [3.8, 4) is 11.1 Å². The summed E-state index contributed by atoms with van der Waals surface area (Å²) in [6, 6.07) is 37.2. The van der Waals surface area contributed by atoms with Crippen molar-refractivity contribution in [3.05, 3.63) is 130 Å². The number of hydrogen-bond acceptors (Lipinski definition) is 3. The van der Waals surface area contributed by atoms with Crippen LogP contribution in [0.2, 0.25) is 0 Å². The smallest absolute Gasteiger partial charge is 0.159 e. The van der Waals surface area contributed by atoms with Gasteiger partial charge in [-0.15, -0.1) is 0 Å². The van der Waals surface area contributed by atoms with Gasteiger partial charge in [-0.2, -0.15) is 0 Å². The van der Waals surface area contributed by atoms with Crippen molar-refractivity contribution in [2.45, 2.75) is 6.17 Å². The Morgan fingerprint density at radius 3 is 1.90 bits per heavy atom. The van der Waals surface area contributed by atoms with Crippen molar-refractivity contribution >= 4 is 27.6 Å². The van der Waals surface area contributed by atoms with E-state index in [4.69, 9.17) is 9.98 Å². The van der Waals surface area contributed by atoms with Crippen LogP contribution in [0.5, 0.6) is 0 Å². The molecule has 0 fully saturated rings. The molecule has 1 atom stereocenters. The molecule has 0 amide bonds. The Morgan fingerprint density at radius 1 is 0.613 bits per heavy atom. The molecule has 0 spiro atoms. The lowest BCUT2D eigenvalue weighted by molar-refractivity contribution is 0.674. The molecule has 0 bridgehead atoms. The minimum atomic E-state index is -0.216. The molecular weight excluding hydrogens is 446 g/mol. The molecule has 1 unspecified atom stereocenters. The number of aliphatic imine (C=N–C) groups is 2. The molecule has 0 aromatic heterocycles. The average Bonchev–Trinajstić information content (AvgIpc) is 2.85. The van der Waals surface area contributed by atoms with Crippen LogP contribution in [-0.4, -0.2) is 11.7 Å². The second kappa shape index (κ2) is 8.70. The molecule has 0 saturated carbocycles. The first-order valence-electron chi connectivity index (χ1n) is 10.2. The van der Waals surface area contributed by atoms with Crippen LogP contribution in [0.15, 0.2) is 124 Å². The van der Waals surface area contributed by atoms with Crippen LogP contribution in [-0.2, 0) is 0 Å². The maximum absolute atomic E-state index is 4.94. The van der Waals surface area contributed by atoms with E-state index in [2.05, 4.69) is 81.9 Å². The lowest BCUT2D eigenvalue weighted by Gasteiger charge is -2.24. The Labute approximate surface area is 190 Å². The summed E-state index contributed by atoms with van der Waals surface area (Å²) in [5.41, 5.74) is 5.50. The molecular formula is C27H20BrN3. The number of nitrogens with zero attached hydrogens (tertiary/aromatic N) is 2. The third kappa shape index (κ3) is 4.35. The highest BCUT2D eigenvalue weighted by molar-refractivity contribution is 9.10. The molecule has 3 nitrogen and oxygen atoms in total. The zero-order valence-corrected chi connectivity index (χ0v) is 18.3. The number of nitrogens with one attached hydrogen (secondary N) is 1. The van der Waals surface area contributed by atoms with Gasteiger partial charge in [-0.3, -0.25) is 0 Å². The Hall–Kier alpha value is -3.50. The standard InChI is InChI=1S/C27H20BrN3/c28-24-13-7-12-23(18-24)27-30-25(21-10-5-2-6-11-21)29-26(31-27)22-16-14-20(15-17-22)19-8-3-1-4-9-19/h1-18,26H,(H,29,30,31). The van der Waals surface area contributed by atoms with Gasteiger partial charge >= 0.3 is 0 Å². The van der Waals surface area contributed by atoms with Crippen molar-refractivity contribution in [3.63, 3.8) is 0 Å². The van der Waals surface area contributed by atoms with Gasteiger partial charge in [-0.25, -0.2) is 9.98 Å². The molecule has 1 heterocycles. The summed E-state index contributed by atoms with van der Waals surface area (Å²) in [6.07, 6.45) is -0.216. The summed E-state index contributed by atoms with van der Waals surface area (Å²) in [6.45, 7) is 0. The fourth-order valence-electron chi connectivity index (χ4n) is 3.61. The van der Waals surface area contributed by atoms with Gasteiger partial charge in [0.2, 0.25) is 0 Å². The van der Waals surface area contributed by atoms with Crippen molar-refractivity contribution < 1.29 is 0 Å². The third-order valence-corrected chi connectivity index (χ3v) is 5.70. The van der Waals surface area contributed by atoms with E-state index in [0.29, 0.717) is 0 Å². The Kier molecular flexibility index (Phi) is 5.46. The van der Waals surface area contributed by atoms with E-state index in [1.807, 2.05) is 48.5 Å². The van der Waals surface area contributed by atoms with Gasteiger partial charge in [0.05, 0.1) is 0 Å². The van der Waals surface area contributed by atoms with E-state index in [1.54, 1.807) is 0 Å². The Morgan fingerprint density at radius 2 is 1.23 bits per heavy atom. The maximum atomic E-state index is 4.94. The SMILES string of the molecule is Brc1cccc(C2=NC(c3ccc(-c4ccccc4)cc3)NC(c3ccccc3)=N2)c1. The second-order valence-corrected chi connectivity index (χ2v) is 8.24. The van der Waals surface area contributed by atoms with Gasteiger partial charge in [-0.1, -0.05) is 113 Å². The summed E-state index contributed by atoms with van der Waals surface area (Å²) >= 11 is 3.56. The Bertz CT molecular complexity index is 1250. The number of rotatable bonds is 4. The van der Waals surface area contributed by atoms with E-state index in [9.17, 15) is 0 Å². The first-order chi connectivity index (χ1) is 15.3. The van der Waals surface area contributed by atoms with Crippen molar-refractivity contribution in [1.82, 2.24) is 5.32 Å². The third-order valence-electron chi connectivity index (χ3n) is 5.21. The van der Waals surface area contributed by atoms with E-state index >= 15 is 0 Å². The van der Waals surface area contributed by atoms with Crippen molar-refractivity contribution in [2.75, 3.05) is 0 Å². The number of amidine groups is 2. The van der Waals surface area contributed by atoms with Crippen LogP contribution < -0.4 is 5.32 Å². The minimum Gasteiger partial charge on any atom is -0.344 e. The zero-order chi connectivity index (χ0) is 21.0. The zero-order valence-electron chi connectivity index (χ0n) is 16.7. The van der Waals surface area contributed by atoms with Gasteiger partial charge in [0.25, 0.3) is 0 Å². The lowest BCUT2D eigenvalue weighted by Crippen LogP contribution is -2.33. The van der Waals surface area contributed by atoms with Crippen LogP contribution in [0.25, 0.3) is 11.1 Å². The van der Waals surface area contributed by atoms with Crippen LogP contribution in [0, 0.1) is 0 Å². The van der Waals surface area contributed by atoms with E-state index in [1.165, 1.54) is 11.1 Å². The van der Waals surface area contributed by atoms with Crippen LogP contribution >= 0.6 is 15.9 Å². The summed E-state index contributed by atoms with van der Waals surface area (Å²) in [7, 11) is 0. The fourth-order valence-corrected chi connectivity index (χ4v) is 4.01. The van der Waals surface area contributed by atoms with Gasteiger partial charge in [0.1, 0.15) is 12.0 Å². The monoisotopic (exact) mass is 465 g/mol. The molecule has 0 aliphatic carbocycles. The van der Waals surface area contributed by atoms with Gasteiger partial charge in [0, 0.05) is 15.6 Å². The molecule has 4 aromatic rings. The number of halogens is 1. The van der Waals surface area contributed by atoms with Crippen LogP contribution in [0.1, 0.15) is 22.9 Å². The highest BCUT2D eigenvalue weighted by Crippen LogP contribution is 2.26. The molecule has 1 aliphatic heterocycles. The summed E-state index contributed by atoms with van der Waals surface area (Å²) in [5.74, 6) is 1.54. The molecule has 150 valence electrons. The normalized spacial score (nSPS) is 15.6.